The van der Waals surface area contributed by atoms with Gasteiger partial charge in [-0.15, -0.1) is 23.2 Å². The van der Waals surface area contributed by atoms with Gasteiger partial charge in [-0.05, 0) is 42.5 Å². The Labute approximate surface area is 228 Å². The van der Waals surface area contributed by atoms with Crippen molar-refractivity contribution in [1.82, 2.24) is 15.0 Å². The van der Waals surface area contributed by atoms with Gasteiger partial charge in [-0.2, -0.15) is 26.3 Å². The van der Waals surface area contributed by atoms with Crippen molar-refractivity contribution in [2.24, 2.45) is 5.14 Å². The summed E-state index contributed by atoms with van der Waals surface area (Å²) in [6.07, 6.45) is -8.20. The molecule has 4 aromatic rings. The van der Waals surface area contributed by atoms with Gasteiger partial charge in [-0.1, -0.05) is 24.3 Å². The molecule has 2 aromatic heterocycles. The highest BCUT2D eigenvalue weighted by molar-refractivity contribution is 7.89. The fourth-order valence-corrected chi connectivity index (χ4v) is 3.82. The molecule has 0 aliphatic rings. The van der Waals surface area contributed by atoms with E-state index in [1.807, 2.05) is 0 Å². The summed E-state index contributed by atoms with van der Waals surface area (Å²) in [5.74, 6) is -0.356. The maximum absolute atomic E-state index is 13.6. The lowest BCUT2D eigenvalue weighted by molar-refractivity contribution is -0.141. The number of nitrogens with zero attached hydrogens (tertiary/aromatic N) is 3. The Balaban J connectivity index is 0.00000134. The molecule has 0 saturated carbocycles. The lowest BCUT2D eigenvalue weighted by Gasteiger charge is -2.12. The highest BCUT2D eigenvalue weighted by atomic mass is 35.5. The van der Waals surface area contributed by atoms with E-state index in [0.717, 1.165) is 24.3 Å². The number of pyridine rings is 1. The second-order valence-corrected chi connectivity index (χ2v) is 10.0. The number of hydrogen-bond acceptors (Lipinski definition) is 5. The highest BCUT2D eigenvalue weighted by Crippen LogP contribution is 2.34. The van der Waals surface area contributed by atoms with Gasteiger partial charge in [-0.3, -0.25) is 4.98 Å². The lowest BCUT2D eigenvalue weighted by Crippen LogP contribution is -2.12. The molecule has 0 saturated heterocycles. The molecule has 0 aliphatic heterocycles. The van der Waals surface area contributed by atoms with E-state index in [-0.39, 0.29) is 38.6 Å². The van der Waals surface area contributed by atoms with Gasteiger partial charge in [0.2, 0.25) is 10.0 Å². The second kappa shape index (κ2) is 11.9. The Morgan fingerprint density at radius 2 is 1.38 bits per heavy atom. The minimum atomic E-state index is -4.86. The SMILES string of the molecule is ClCCl.NS(=O)(=O)c1cccc(-c2cc(-c3nc(-c4ccc(C(F)(F)F)cc4)cc(C(F)(F)F)n3)ccn2)c1. The third-order valence-electron chi connectivity index (χ3n) is 5.00. The lowest BCUT2D eigenvalue weighted by atomic mass is 10.1. The van der Waals surface area contributed by atoms with Crippen molar-refractivity contribution in [3.05, 3.63) is 84.2 Å². The summed E-state index contributed by atoms with van der Waals surface area (Å²) in [7, 11) is -4.01. The number of primary sulfonamides is 1. The smallest absolute Gasteiger partial charge is 0.256 e. The summed E-state index contributed by atoms with van der Waals surface area (Å²) in [5, 5.41) is 5.34. The van der Waals surface area contributed by atoms with Crippen LogP contribution in [0.1, 0.15) is 11.3 Å². The van der Waals surface area contributed by atoms with Crippen LogP contribution in [0.3, 0.4) is 0 Å². The van der Waals surface area contributed by atoms with Crippen molar-refractivity contribution in [1.29, 1.82) is 0 Å². The Morgan fingerprint density at radius 3 is 1.95 bits per heavy atom. The monoisotopic (exact) mass is 608 g/mol. The molecule has 0 bridgehead atoms. The summed E-state index contributed by atoms with van der Waals surface area (Å²) < 4.78 is 103. The molecule has 0 spiro atoms. The molecule has 15 heteroatoms. The molecule has 4 rings (SSSR count). The van der Waals surface area contributed by atoms with Crippen molar-refractivity contribution < 1.29 is 34.8 Å². The summed E-state index contributed by atoms with van der Waals surface area (Å²) >= 11 is 9.53. The van der Waals surface area contributed by atoms with Gasteiger partial charge in [0.25, 0.3) is 0 Å². The minimum Gasteiger partial charge on any atom is -0.256 e. The number of benzene rings is 2. The first-order chi connectivity index (χ1) is 18.1. The largest absolute Gasteiger partial charge is 0.433 e. The molecule has 39 heavy (non-hydrogen) atoms. The van der Waals surface area contributed by atoms with E-state index in [2.05, 4.69) is 15.0 Å². The first-order valence-corrected chi connectivity index (χ1v) is 13.1. The van der Waals surface area contributed by atoms with E-state index < -0.39 is 33.6 Å². The third-order valence-corrected chi connectivity index (χ3v) is 5.91. The molecule has 2 aromatic carbocycles. The Morgan fingerprint density at radius 1 is 0.744 bits per heavy atom. The summed E-state index contributed by atoms with van der Waals surface area (Å²) in [4.78, 5) is 11.7. The average Bonchev–Trinajstić information content (AvgIpc) is 2.88. The molecular formula is C24H16Cl2F6N4O2S. The van der Waals surface area contributed by atoms with Crippen LogP contribution >= 0.6 is 23.2 Å². The van der Waals surface area contributed by atoms with Crippen molar-refractivity contribution >= 4 is 33.2 Å². The van der Waals surface area contributed by atoms with Gasteiger partial charge in [0.1, 0.15) is 5.69 Å². The van der Waals surface area contributed by atoms with E-state index in [0.29, 0.717) is 11.6 Å². The summed E-state index contributed by atoms with van der Waals surface area (Å²) in [6.45, 7) is 0. The maximum atomic E-state index is 13.6. The summed E-state index contributed by atoms with van der Waals surface area (Å²) in [5.41, 5.74) is -1.84. The molecule has 6 nitrogen and oxygen atoms in total. The van der Waals surface area contributed by atoms with Crippen molar-refractivity contribution in [3.8, 4) is 33.9 Å². The number of hydrogen-bond donors (Lipinski definition) is 1. The number of aromatic nitrogens is 3. The number of halogens is 8. The van der Waals surface area contributed by atoms with Crippen LogP contribution in [0.2, 0.25) is 0 Å². The van der Waals surface area contributed by atoms with Crippen LogP contribution in [0.15, 0.2) is 77.8 Å². The number of alkyl halides is 8. The predicted molar refractivity (Wildman–Crippen MR) is 134 cm³/mol. The Bertz CT molecular complexity index is 1560. The zero-order valence-corrected chi connectivity index (χ0v) is 21.6. The van der Waals surface area contributed by atoms with E-state index in [1.165, 1.54) is 42.6 Å². The standard InChI is InChI=1S/C23H14F6N4O2S.CH2Cl2/c24-22(25,26)16-6-4-13(5-7-16)19-12-20(23(27,28)29)33-21(32-19)15-8-9-31-18(11-15)14-2-1-3-17(10-14)36(30,34)35;2-1-3/h1-12H,(H2,30,34,35);1H2. The Hall–Kier alpha value is -3.26. The number of sulfonamides is 1. The van der Waals surface area contributed by atoms with Crippen LogP contribution in [0, 0.1) is 0 Å². The van der Waals surface area contributed by atoms with E-state index in [1.54, 1.807) is 0 Å². The zero-order chi connectivity index (χ0) is 29.0. The predicted octanol–water partition coefficient (Wildman–Crippen LogP) is 6.98. The molecule has 0 aliphatic carbocycles. The normalized spacial score (nSPS) is 12.0. The van der Waals surface area contributed by atoms with Crippen LogP contribution in [-0.2, 0) is 22.4 Å². The zero-order valence-electron chi connectivity index (χ0n) is 19.3. The molecule has 0 radical (unpaired) electrons. The van der Waals surface area contributed by atoms with Gasteiger partial charge in [0.05, 0.1) is 27.2 Å². The van der Waals surface area contributed by atoms with Crippen molar-refractivity contribution in [3.63, 3.8) is 0 Å². The molecule has 0 atom stereocenters. The molecule has 0 fully saturated rings. The van der Waals surface area contributed by atoms with Crippen LogP contribution in [0.5, 0.6) is 0 Å². The fourth-order valence-electron chi connectivity index (χ4n) is 3.26. The van der Waals surface area contributed by atoms with Crippen LogP contribution < -0.4 is 5.14 Å². The maximum Gasteiger partial charge on any atom is 0.433 e. The molecule has 2 N–H and O–H groups in total. The topological polar surface area (TPSA) is 98.8 Å². The number of nitrogens with two attached hydrogens (primary N) is 1. The quantitative estimate of drug-likeness (QED) is 0.199. The molecule has 2 heterocycles. The third kappa shape index (κ3) is 7.88. The van der Waals surface area contributed by atoms with E-state index in [4.69, 9.17) is 28.3 Å². The van der Waals surface area contributed by atoms with Crippen LogP contribution in [-0.4, -0.2) is 28.7 Å². The van der Waals surface area contributed by atoms with Crippen LogP contribution in [0.4, 0.5) is 26.3 Å². The van der Waals surface area contributed by atoms with E-state index in [9.17, 15) is 34.8 Å². The first-order valence-electron chi connectivity index (χ1n) is 10.5. The van der Waals surface area contributed by atoms with Gasteiger partial charge in [0, 0.05) is 22.9 Å². The first kappa shape index (κ1) is 30.3. The number of rotatable bonds is 4. The molecule has 0 amide bonds. The highest BCUT2D eigenvalue weighted by Gasteiger charge is 2.34. The van der Waals surface area contributed by atoms with Gasteiger partial charge >= 0.3 is 12.4 Å². The molecule has 206 valence electrons. The second-order valence-electron chi connectivity index (χ2n) is 7.64. The minimum absolute atomic E-state index is 0.0206. The molecule has 0 unspecified atom stereocenters. The van der Waals surface area contributed by atoms with Crippen molar-refractivity contribution in [2.45, 2.75) is 17.2 Å². The molecular weight excluding hydrogens is 593 g/mol. The van der Waals surface area contributed by atoms with E-state index >= 15 is 0 Å². The van der Waals surface area contributed by atoms with Crippen molar-refractivity contribution in [2.75, 3.05) is 5.34 Å². The average molecular weight is 609 g/mol. The Kier molecular flexibility index (Phi) is 9.21. The van der Waals surface area contributed by atoms with Crippen LogP contribution in [0.25, 0.3) is 33.9 Å². The van der Waals surface area contributed by atoms with Gasteiger partial charge < -0.3 is 0 Å². The van der Waals surface area contributed by atoms with Gasteiger partial charge in [-0.25, -0.2) is 23.5 Å². The van der Waals surface area contributed by atoms with Gasteiger partial charge in [0.15, 0.2) is 5.82 Å². The fraction of sp³-hybridized carbons (Fsp3) is 0.125. The summed E-state index contributed by atoms with van der Waals surface area (Å²) in [6, 6.07) is 12.3.